The fraction of sp³-hybridized carbons (Fsp3) is 0. The maximum Gasteiger partial charge on any atom is 0.145 e. The molecular formula is C51H34N2. The molecule has 0 radical (unpaired) electrons. The molecular weight excluding hydrogens is 641 g/mol. The molecule has 248 valence electrons. The van der Waals surface area contributed by atoms with E-state index in [2.05, 4.69) is 211 Å². The van der Waals surface area contributed by atoms with Crippen LogP contribution in [0.3, 0.4) is 0 Å². The monoisotopic (exact) mass is 674 g/mol. The van der Waals surface area contributed by atoms with Crippen molar-refractivity contribution >= 4 is 32.6 Å². The topological polar surface area (TPSA) is 17.8 Å². The Morgan fingerprint density at radius 2 is 0.774 bits per heavy atom. The van der Waals surface area contributed by atoms with Gasteiger partial charge in [-0.05, 0) is 90.3 Å². The summed E-state index contributed by atoms with van der Waals surface area (Å²) in [7, 11) is 0. The Hall–Kier alpha value is -7.03. The Morgan fingerprint density at radius 3 is 1.40 bits per heavy atom. The van der Waals surface area contributed by atoms with E-state index in [1.807, 2.05) is 0 Å². The zero-order valence-corrected chi connectivity index (χ0v) is 29.0. The predicted octanol–water partition coefficient (Wildman–Crippen LogP) is 13.7. The van der Waals surface area contributed by atoms with Crippen molar-refractivity contribution in [2.75, 3.05) is 0 Å². The molecule has 0 aliphatic rings. The number of para-hydroxylation sites is 1. The van der Waals surface area contributed by atoms with Gasteiger partial charge in [0.1, 0.15) is 5.82 Å². The van der Waals surface area contributed by atoms with Crippen LogP contribution in [0.5, 0.6) is 0 Å². The predicted molar refractivity (Wildman–Crippen MR) is 223 cm³/mol. The van der Waals surface area contributed by atoms with E-state index in [0.717, 1.165) is 33.7 Å². The number of benzene rings is 9. The van der Waals surface area contributed by atoms with Gasteiger partial charge in [0, 0.05) is 11.3 Å². The smallest absolute Gasteiger partial charge is 0.145 e. The van der Waals surface area contributed by atoms with Crippen LogP contribution < -0.4 is 0 Å². The number of hydrogen-bond acceptors (Lipinski definition) is 1. The molecule has 9 aromatic carbocycles. The van der Waals surface area contributed by atoms with Crippen LogP contribution in [0.2, 0.25) is 0 Å². The van der Waals surface area contributed by atoms with Gasteiger partial charge >= 0.3 is 0 Å². The van der Waals surface area contributed by atoms with Gasteiger partial charge in [0.15, 0.2) is 0 Å². The molecule has 0 spiro atoms. The number of fused-ring (bicyclic) bond motifs is 3. The van der Waals surface area contributed by atoms with E-state index < -0.39 is 0 Å². The van der Waals surface area contributed by atoms with Gasteiger partial charge in [-0.25, -0.2) is 4.98 Å². The Kier molecular flexibility index (Phi) is 7.51. The van der Waals surface area contributed by atoms with Crippen LogP contribution >= 0.6 is 0 Å². The summed E-state index contributed by atoms with van der Waals surface area (Å²) in [5.74, 6) is 0.922. The normalized spacial score (nSPS) is 11.4. The van der Waals surface area contributed by atoms with Crippen LogP contribution in [-0.4, -0.2) is 9.55 Å². The second-order valence-electron chi connectivity index (χ2n) is 13.5. The molecule has 0 amide bonds. The van der Waals surface area contributed by atoms with Crippen LogP contribution in [0.4, 0.5) is 0 Å². The van der Waals surface area contributed by atoms with Crippen molar-refractivity contribution in [2.45, 2.75) is 0 Å². The van der Waals surface area contributed by atoms with Gasteiger partial charge in [-0.15, -0.1) is 0 Å². The van der Waals surface area contributed by atoms with Gasteiger partial charge in [-0.2, -0.15) is 0 Å². The summed E-state index contributed by atoms with van der Waals surface area (Å²) in [6, 6.07) is 73.9. The molecule has 0 unspecified atom stereocenters. The highest BCUT2D eigenvalue weighted by Gasteiger charge is 2.21. The Balaban J connectivity index is 1.19. The van der Waals surface area contributed by atoms with E-state index >= 15 is 0 Å². The second kappa shape index (κ2) is 12.9. The molecule has 0 bridgehead atoms. The lowest BCUT2D eigenvalue weighted by atomic mass is 9.84. The Labute approximate surface area is 308 Å². The Morgan fingerprint density at radius 1 is 0.321 bits per heavy atom. The molecule has 0 aliphatic heterocycles. The Bertz CT molecular complexity index is 2850. The van der Waals surface area contributed by atoms with E-state index in [-0.39, 0.29) is 0 Å². The SMILES string of the molecule is c1ccc(-c2ccc(-c3nc4cc(-c5c6ccccc6c(-c6ccccc6-c6ccccc6)c6ccccc56)ccc4n3-c3ccccc3)cc2)cc1. The molecule has 0 atom stereocenters. The first-order valence-corrected chi connectivity index (χ1v) is 18.1. The standard InChI is InChI=1S/C51H34N2/c1-4-16-35(17-5-1)36-28-30-38(31-29-36)51-52-47-34-39(32-33-48(47)53(51)40-20-8-3-9-21-40)49-43-24-12-14-26-45(43)50(46-27-15-13-25-44(46)49)42-23-11-10-22-41(42)37-18-6-2-7-19-37/h1-34H. The first-order chi connectivity index (χ1) is 26.3. The highest BCUT2D eigenvalue weighted by atomic mass is 15.1. The molecule has 0 N–H and O–H groups in total. The van der Waals surface area contributed by atoms with Crippen LogP contribution in [0.1, 0.15) is 0 Å². The van der Waals surface area contributed by atoms with E-state index in [1.165, 1.54) is 60.5 Å². The minimum Gasteiger partial charge on any atom is -0.292 e. The molecule has 0 fully saturated rings. The van der Waals surface area contributed by atoms with Gasteiger partial charge in [0.05, 0.1) is 11.0 Å². The lowest BCUT2D eigenvalue weighted by Crippen LogP contribution is -1.97. The largest absolute Gasteiger partial charge is 0.292 e. The summed E-state index contributed by atoms with van der Waals surface area (Å²) in [5.41, 5.74) is 13.9. The van der Waals surface area contributed by atoms with E-state index in [4.69, 9.17) is 4.98 Å². The van der Waals surface area contributed by atoms with Crippen molar-refractivity contribution in [2.24, 2.45) is 0 Å². The summed E-state index contributed by atoms with van der Waals surface area (Å²) >= 11 is 0. The summed E-state index contributed by atoms with van der Waals surface area (Å²) < 4.78 is 2.29. The fourth-order valence-corrected chi connectivity index (χ4v) is 8.01. The molecule has 53 heavy (non-hydrogen) atoms. The van der Waals surface area contributed by atoms with Crippen LogP contribution in [-0.2, 0) is 0 Å². The average Bonchev–Trinajstić information content (AvgIpc) is 3.63. The quantitative estimate of drug-likeness (QED) is 0.161. The van der Waals surface area contributed by atoms with Gasteiger partial charge in [0.25, 0.3) is 0 Å². The first-order valence-electron chi connectivity index (χ1n) is 18.1. The van der Waals surface area contributed by atoms with Crippen molar-refractivity contribution in [1.29, 1.82) is 0 Å². The molecule has 10 aromatic rings. The second-order valence-corrected chi connectivity index (χ2v) is 13.5. The van der Waals surface area contributed by atoms with E-state index in [1.54, 1.807) is 0 Å². The molecule has 0 saturated heterocycles. The summed E-state index contributed by atoms with van der Waals surface area (Å²) in [6.07, 6.45) is 0. The minimum absolute atomic E-state index is 0.922. The molecule has 1 aromatic heterocycles. The highest BCUT2D eigenvalue weighted by Crippen LogP contribution is 2.46. The first kappa shape index (κ1) is 30.8. The molecule has 2 nitrogen and oxygen atoms in total. The summed E-state index contributed by atoms with van der Waals surface area (Å²) in [6.45, 7) is 0. The molecule has 1 heterocycles. The van der Waals surface area contributed by atoms with Crippen LogP contribution in [0.25, 0.3) is 94.2 Å². The van der Waals surface area contributed by atoms with Crippen molar-refractivity contribution < 1.29 is 0 Å². The van der Waals surface area contributed by atoms with Crippen molar-refractivity contribution in [3.8, 4) is 61.6 Å². The highest BCUT2D eigenvalue weighted by molar-refractivity contribution is 6.22. The van der Waals surface area contributed by atoms with Gasteiger partial charge in [-0.1, -0.05) is 182 Å². The third kappa shape index (κ3) is 5.32. The van der Waals surface area contributed by atoms with Gasteiger partial charge in [-0.3, -0.25) is 4.57 Å². The number of rotatable bonds is 6. The zero-order valence-electron chi connectivity index (χ0n) is 29.0. The summed E-state index contributed by atoms with van der Waals surface area (Å²) in [5, 5.41) is 4.92. The fourth-order valence-electron chi connectivity index (χ4n) is 8.01. The number of nitrogens with zero attached hydrogens (tertiary/aromatic N) is 2. The maximum atomic E-state index is 5.38. The molecule has 10 rings (SSSR count). The number of hydrogen-bond donors (Lipinski definition) is 0. The molecule has 0 aliphatic carbocycles. The number of imidazole rings is 1. The van der Waals surface area contributed by atoms with Crippen molar-refractivity contribution in [3.63, 3.8) is 0 Å². The molecule has 2 heteroatoms. The van der Waals surface area contributed by atoms with Gasteiger partial charge in [0.2, 0.25) is 0 Å². The van der Waals surface area contributed by atoms with Crippen molar-refractivity contribution in [3.05, 3.63) is 206 Å². The van der Waals surface area contributed by atoms with Crippen LogP contribution in [0.15, 0.2) is 206 Å². The van der Waals surface area contributed by atoms with E-state index in [0.29, 0.717) is 0 Å². The summed E-state index contributed by atoms with van der Waals surface area (Å²) in [4.78, 5) is 5.38. The lowest BCUT2D eigenvalue weighted by molar-refractivity contribution is 1.10. The van der Waals surface area contributed by atoms with Gasteiger partial charge < -0.3 is 0 Å². The number of aromatic nitrogens is 2. The molecule has 0 saturated carbocycles. The van der Waals surface area contributed by atoms with E-state index in [9.17, 15) is 0 Å². The van der Waals surface area contributed by atoms with Crippen molar-refractivity contribution in [1.82, 2.24) is 9.55 Å². The lowest BCUT2D eigenvalue weighted by Gasteiger charge is -2.19. The third-order valence-electron chi connectivity index (χ3n) is 10.4. The third-order valence-corrected chi connectivity index (χ3v) is 10.4. The average molecular weight is 675 g/mol. The zero-order chi connectivity index (χ0) is 35.1. The minimum atomic E-state index is 0.922. The maximum absolute atomic E-state index is 5.38. The van der Waals surface area contributed by atoms with Crippen LogP contribution in [0, 0.1) is 0 Å².